The van der Waals surface area contributed by atoms with Gasteiger partial charge >= 0.3 is 0 Å². The van der Waals surface area contributed by atoms with Gasteiger partial charge in [0.1, 0.15) is 12.7 Å². The lowest BCUT2D eigenvalue weighted by molar-refractivity contribution is 1.09. The van der Waals surface area contributed by atoms with Crippen molar-refractivity contribution in [3.63, 3.8) is 0 Å². The van der Waals surface area contributed by atoms with Crippen LogP contribution in [0.5, 0.6) is 0 Å². The zero-order valence-corrected chi connectivity index (χ0v) is 5.52. The fourth-order valence-electron chi connectivity index (χ4n) is 0.167. The lowest BCUT2D eigenvalue weighted by Gasteiger charge is -1.46. The Bertz CT molecular complexity index is 79.4. The second-order valence-electron chi connectivity index (χ2n) is 0.753. The van der Waals surface area contributed by atoms with Gasteiger partial charge in [-0.25, -0.2) is 4.98 Å². The van der Waals surface area contributed by atoms with E-state index < -0.39 is 0 Å². The number of hydrogen-bond acceptors (Lipinski definition) is 2. The minimum absolute atomic E-state index is 0.194. The molecule has 0 bridgehead atoms. The summed E-state index contributed by atoms with van der Waals surface area (Å²) in [5.74, 6) is 0. The largest absolute Gasteiger partial charge is 0.266 e. The number of hydrogen-bond donors (Lipinski definition) is 1. The zero-order valence-electron chi connectivity index (χ0n) is 4.01. The zero-order chi connectivity index (χ0) is 6.24. The van der Waals surface area contributed by atoms with E-state index in [-0.39, 0.29) is 5.34 Å². The first-order valence-corrected chi connectivity index (χ1v) is 2.89. The molecule has 8 heavy (non-hydrogen) atoms. The molecule has 0 aliphatic rings. The molecule has 0 aromatic carbocycles. The quantitative estimate of drug-likeness (QED) is 0.571. The van der Waals surface area contributed by atoms with Crippen LogP contribution in [0.25, 0.3) is 0 Å². The van der Waals surface area contributed by atoms with E-state index in [2.05, 4.69) is 15.2 Å². The second kappa shape index (κ2) is 6.72. The highest BCUT2D eigenvalue weighted by Gasteiger charge is 1.57. The third-order valence-corrected chi connectivity index (χ3v) is 0.331. The molecule has 0 radical (unpaired) electrons. The van der Waals surface area contributed by atoms with Gasteiger partial charge in [0.05, 0.1) is 5.34 Å². The third kappa shape index (κ3) is 5.72. The molecule has 0 fully saturated rings. The van der Waals surface area contributed by atoms with E-state index >= 15 is 0 Å². The molecule has 0 saturated heterocycles. The molecule has 0 spiro atoms. The molecule has 5 heteroatoms. The van der Waals surface area contributed by atoms with Crippen molar-refractivity contribution in [1.82, 2.24) is 15.2 Å². The van der Waals surface area contributed by atoms with E-state index in [0.29, 0.717) is 0 Å². The number of aromatic amines is 1. The highest BCUT2D eigenvalue weighted by molar-refractivity contribution is 6.40. The van der Waals surface area contributed by atoms with E-state index in [0.717, 1.165) is 0 Å². The lowest BCUT2D eigenvalue weighted by atomic mass is 11.3. The minimum atomic E-state index is 0.194. The van der Waals surface area contributed by atoms with E-state index in [1.807, 2.05) is 0 Å². The maximum atomic E-state index is 4.76. The first-order valence-electron chi connectivity index (χ1n) is 1.82. The molecule has 1 heterocycles. The number of nitrogens with one attached hydrogen (secondary N) is 1. The number of aromatic nitrogens is 3. The van der Waals surface area contributed by atoms with Crippen molar-refractivity contribution < 1.29 is 0 Å². The molecular weight excluding hydrogens is 149 g/mol. The Morgan fingerprint density at radius 3 is 2.25 bits per heavy atom. The molecule has 1 N–H and O–H groups in total. The number of rotatable bonds is 0. The van der Waals surface area contributed by atoms with Crippen LogP contribution in [0.15, 0.2) is 12.7 Å². The van der Waals surface area contributed by atoms with Gasteiger partial charge in [-0.05, 0) is 0 Å². The smallest absolute Gasteiger partial charge is 0.137 e. The monoisotopic (exact) mass is 153 g/mol. The number of nitrogens with zero attached hydrogens (tertiary/aromatic N) is 2. The fraction of sp³-hybridized carbons (Fsp3) is 0.333. The Morgan fingerprint density at radius 1 is 1.50 bits per heavy atom. The van der Waals surface area contributed by atoms with E-state index in [9.17, 15) is 0 Å². The first-order chi connectivity index (χ1) is 3.91. The fourth-order valence-corrected chi connectivity index (χ4v) is 0.167. The summed E-state index contributed by atoms with van der Waals surface area (Å²) < 4.78 is 0. The summed E-state index contributed by atoms with van der Waals surface area (Å²) in [6.45, 7) is 0. The molecule has 46 valence electrons. The summed E-state index contributed by atoms with van der Waals surface area (Å²) in [6, 6.07) is 0. The summed E-state index contributed by atoms with van der Waals surface area (Å²) >= 11 is 9.53. The number of H-pyrrole nitrogens is 1. The van der Waals surface area contributed by atoms with E-state index in [1.54, 1.807) is 0 Å². The molecular formula is C3H5Cl2N3. The highest BCUT2D eigenvalue weighted by Crippen LogP contribution is 1.73. The van der Waals surface area contributed by atoms with Crippen LogP contribution >= 0.6 is 23.2 Å². The van der Waals surface area contributed by atoms with Gasteiger partial charge in [0, 0.05) is 0 Å². The van der Waals surface area contributed by atoms with Gasteiger partial charge in [-0.3, -0.25) is 5.10 Å². The van der Waals surface area contributed by atoms with Crippen molar-refractivity contribution in [3.05, 3.63) is 12.7 Å². The maximum absolute atomic E-state index is 4.76. The van der Waals surface area contributed by atoms with Crippen LogP contribution in [0.3, 0.4) is 0 Å². The Kier molecular flexibility index (Phi) is 6.48. The Morgan fingerprint density at radius 2 is 2.12 bits per heavy atom. The molecule has 1 rings (SSSR count). The average molecular weight is 154 g/mol. The van der Waals surface area contributed by atoms with Crippen LogP contribution in [0, 0.1) is 0 Å². The molecule has 0 aliphatic carbocycles. The maximum Gasteiger partial charge on any atom is 0.137 e. The van der Waals surface area contributed by atoms with Gasteiger partial charge in [-0.1, -0.05) is 0 Å². The van der Waals surface area contributed by atoms with Crippen LogP contribution in [0.2, 0.25) is 0 Å². The van der Waals surface area contributed by atoms with Crippen molar-refractivity contribution in [3.8, 4) is 0 Å². The molecule has 0 saturated carbocycles. The Hall–Kier alpha value is -0.280. The summed E-state index contributed by atoms with van der Waals surface area (Å²) in [7, 11) is 0. The standard InChI is InChI=1S/C2H3N3.CH2Cl2/c1-3-2-5-4-1;2-1-3/h1-2H,(H,3,4,5);1H2. The van der Waals surface area contributed by atoms with Gasteiger partial charge in [0.2, 0.25) is 0 Å². The Balaban J connectivity index is 0.000000145. The molecule has 1 aromatic heterocycles. The van der Waals surface area contributed by atoms with Crippen LogP contribution in [-0.2, 0) is 0 Å². The molecule has 0 amide bonds. The van der Waals surface area contributed by atoms with Crippen LogP contribution in [-0.4, -0.2) is 20.5 Å². The topological polar surface area (TPSA) is 41.6 Å². The predicted molar refractivity (Wildman–Crippen MR) is 33.0 cm³/mol. The highest BCUT2D eigenvalue weighted by atomic mass is 35.5. The number of halogens is 2. The summed E-state index contributed by atoms with van der Waals surface area (Å²) in [6.07, 6.45) is 2.96. The number of alkyl halides is 2. The van der Waals surface area contributed by atoms with Gasteiger partial charge < -0.3 is 0 Å². The van der Waals surface area contributed by atoms with Crippen molar-refractivity contribution in [1.29, 1.82) is 0 Å². The summed E-state index contributed by atoms with van der Waals surface area (Å²) in [5, 5.41) is 6.18. The van der Waals surface area contributed by atoms with Crippen molar-refractivity contribution in [2.45, 2.75) is 0 Å². The minimum Gasteiger partial charge on any atom is -0.266 e. The molecule has 3 nitrogen and oxygen atoms in total. The SMILES string of the molecule is ClCCl.c1nc[nH]n1. The summed E-state index contributed by atoms with van der Waals surface area (Å²) in [5.41, 5.74) is 0. The molecule has 0 atom stereocenters. The molecule has 0 aliphatic heterocycles. The van der Waals surface area contributed by atoms with Crippen molar-refractivity contribution in [2.24, 2.45) is 0 Å². The second-order valence-corrected chi connectivity index (χ2v) is 1.56. The first kappa shape index (κ1) is 7.72. The molecule has 0 unspecified atom stereocenters. The third-order valence-electron chi connectivity index (χ3n) is 0.331. The van der Waals surface area contributed by atoms with Crippen LogP contribution < -0.4 is 0 Å². The van der Waals surface area contributed by atoms with E-state index in [1.165, 1.54) is 12.7 Å². The van der Waals surface area contributed by atoms with Gasteiger partial charge in [-0.15, -0.1) is 23.2 Å². The summed E-state index contributed by atoms with van der Waals surface area (Å²) in [4.78, 5) is 3.56. The van der Waals surface area contributed by atoms with Crippen LogP contribution in [0.1, 0.15) is 0 Å². The molecule has 1 aromatic rings. The van der Waals surface area contributed by atoms with Gasteiger partial charge in [0.15, 0.2) is 0 Å². The van der Waals surface area contributed by atoms with Crippen molar-refractivity contribution >= 4 is 23.2 Å². The normalized spacial score (nSPS) is 7.25. The van der Waals surface area contributed by atoms with Gasteiger partial charge in [0.25, 0.3) is 0 Å². The lowest BCUT2D eigenvalue weighted by Crippen LogP contribution is -1.53. The van der Waals surface area contributed by atoms with E-state index in [4.69, 9.17) is 23.2 Å². The van der Waals surface area contributed by atoms with Crippen LogP contribution in [0.4, 0.5) is 0 Å². The van der Waals surface area contributed by atoms with Crippen molar-refractivity contribution in [2.75, 3.05) is 5.34 Å². The Labute approximate surface area is 57.0 Å². The predicted octanol–water partition coefficient (Wildman–Crippen LogP) is 1.23. The van der Waals surface area contributed by atoms with Gasteiger partial charge in [-0.2, -0.15) is 5.10 Å². The average Bonchev–Trinajstić information content (AvgIpc) is 2.17.